The van der Waals surface area contributed by atoms with Gasteiger partial charge >= 0.3 is 0 Å². The molecule has 1 atom stereocenters. The van der Waals surface area contributed by atoms with Gasteiger partial charge in [-0.3, -0.25) is 0 Å². The normalized spacial score (nSPS) is 14.7. The van der Waals surface area contributed by atoms with E-state index in [9.17, 15) is 5.11 Å². The number of aliphatic hydroxyl groups excluding tert-OH is 1. The monoisotopic (exact) mass is 304 g/mol. The van der Waals surface area contributed by atoms with Crippen LogP contribution in [-0.2, 0) is 9.47 Å². The third kappa shape index (κ3) is 13.2. The topological polar surface area (TPSA) is 68.0 Å². The average Bonchev–Trinajstić information content (AvgIpc) is 2.38. The molecule has 0 fully saturated rings. The Morgan fingerprint density at radius 2 is 1.71 bits per heavy atom. The average molecular weight is 304 g/mol. The molecule has 21 heavy (non-hydrogen) atoms. The summed E-state index contributed by atoms with van der Waals surface area (Å²) in [5.74, 6) is 0. The summed E-state index contributed by atoms with van der Waals surface area (Å²) >= 11 is 0. The molecule has 0 rings (SSSR count). The number of hydrogen-bond donors (Lipinski definition) is 2. The Morgan fingerprint density at radius 3 is 2.24 bits per heavy atom. The molecule has 5 nitrogen and oxygen atoms in total. The van der Waals surface area contributed by atoms with Gasteiger partial charge in [-0.05, 0) is 54.5 Å². The van der Waals surface area contributed by atoms with Gasteiger partial charge in [0.2, 0.25) is 0 Å². The Morgan fingerprint density at radius 1 is 1.10 bits per heavy atom. The van der Waals surface area contributed by atoms with Gasteiger partial charge in [0.15, 0.2) is 0 Å². The molecule has 0 amide bonds. The Bertz CT molecular complexity index is 265. The van der Waals surface area contributed by atoms with Gasteiger partial charge in [-0.2, -0.15) is 0 Å². The van der Waals surface area contributed by atoms with Crippen molar-refractivity contribution in [2.45, 2.75) is 64.8 Å². The smallest absolute Gasteiger partial charge is 0.0895 e. The Labute approximate surface area is 130 Å². The van der Waals surface area contributed by atoms with Gasteiger partial charge in [0.1, 0.15) is 0 Å². The van der Waals surface area contributed by atoms with Crippen molar-refractivity contribution in [1.29, 1.82) is 0 Å². The maximum Gasteiger partial charge on any atom is 0.0895 e. The Balaban J connectivity index is 3.77. The summed E-state index contributed by atoms with van der Waals surface area (Å²) in [6.07, 6.45) is 1.37. The first-order valence-corrected chi connectivity index (χ1v) is 7.90. The van der Waals surface area contributed by atoms with Gasteiger partial charge < -0.3 is 25.2 Å². The fourth-order valence-corrected chi connectivity index (χ4v) is 1.75. The zero-order chi connectivity index (χ0) is 16.5. The van der Waals surface area contributed by atoms with Crippen LogP contribution in [0.4, 0.5) is 0 Å². The zero-order valence-corrected chi connectivity index (χ0v) is 14.8. The van der Waals surface area contributed by atoms with Gasteiger partial charge in [-0.25, -0.2) is 0 Å². The first kappa shape index (κ1) is 20.8. The van der Waals surface area contributed by atoms with E-state index >= 15 is 0 Å². The minimum atomic E-state index is -0.573. The Hall–Kier alpha value is -0.200. The molecule has 0 aromatic heterocycles. The molecule has 0 aliphatic rings. The lowest BCUT2D eigenvalue weighted by Gasteiger charge is -2.29. The largest absolute Gasteiger partial charge is 0.389 e. The zero-order valence-electron chi connectivity index (χ0n) is 14.8. The van der Waals surface area contributed by atoms with Gasteiger partial charge in [-0.15, -0.1) is 0 Å². The molecule has 0 aromatic carbocycles. The number of nitrogens with two attached hydrogens (primary N) is 1. The predicted molar refractivity (Wildman–Crippen MR) is 87.5 cm³/mol. The molecule has 1 unspecified atom stereocenters. The van der Waals surface area contributed by atoms with E-state index in [4.69, 9.17) is 15.2 Å². The molecule has 0 bridgehead atoms. The van der Waals surface area contributed by atoms with Crippen molar-refractivity contribution in [2.75, 3.05) is 39.9 Å². The molecular weight excluding hydrogens is 268 g/mol. The molecule has 0 aliphatic carbocycles. The summed E-state index contributed by atoms with van der Waals surface area (Å²) < 4.78 is 11.4. The van der Waals surface area contributed by atoms with Gasteiger partial charge in [0, 0.05) is 26.2 Å². The van der Waals surface area contributed by atoms with Gasteiger partial charge in [0.05, 0.1) is 23.9 Å². The number of aliphatic hydroxyl groups is 1. The molecule has 0 saturated heterocycles. The highest BCUT2D eigenvalue weighted by molar-refractivity contribution is 4.72. The molecule has 0 saturated carbocycles. The first-order chi connectivity index (χ1) is 9.56. The van der Waals surface area contributed by atoms with Crippen LogP contribution < -0.4 is 5.73 Å². The van der Waals surface area contributed by atoms with Crippen molar-refractivity contribution in [3.8, 4) is 0 Å². The second-order valence-corrected chi connectivity index (χ2v) is 7.33. The lowest BCUT2D eigenvalue weighted by atomic mass is 10.0. The number of nitrogens with zero attached hydrogens (tertiary/aromatic N) is 1. The lowest BCUT2D eigenvalue weighted by molar-refractivity contribution is -0.0640. The minimum absolute atomic E-state index is 0.0573. The van der Waals surface area contributed by atoms with Crippen LogP contribution in [0.1, 0.15) is 47.5 Å². The molecule has 0 spiro atoms. The Kier molecular flexibility index (Phi) is 9.65. The quantitative estimate of drug-likeness (QED) is 0.568. The molecule has 0 radical (unpaired) electrons. The number of ether oxygens (including phenoxy) is 2. The molecule has 0 aliphatic heterocycles. The van der Waals surface area contributed by atoms with E-state index in [0.717, 1.165) is 32.5 Å². The van der Waals surface area contributed by atoms with Crippen LogP contribution in [0, 0.1) is 0 Å². The number of rotatable bonds is 11. The van der Waals surface area contributed by atoms with Crippen LogP contribution in [0.25, 0.3) is 0 Å². The van der Waals surface area contributed by atoms with Crippen molar-refractivity contribution >= 4 is 0 Å². The summed E-state index contributed by atoms with van der Waals surface area (Å²) in [7, 11) is 2.11. The third-order valence-electron chi connectivity index (χ3n) is 3.25. The highest BCUT2D eigenvalue weighted by Crippen LogP contribution is 2.15. The third-order valence-corrected chi connectivity index (χ3v) is 3.25. The van der Waals surface area contributed by atoms with Crippen LogP contribution in [-0.4, -0.2) is 67.2 Å². The standard InChI is InChI=1S/C16H36N2O3/c1-15(2,3)20-11-7-9-18(6)10-8-16(4,5)21-13-14(19)12-17/h14,19H,7-13,17H2,1-6H3. The summed E-state index contributed by atoms with van der Waals surface area (Å²) in [4.78, 5) is 2.29. The minimum Gasteiger partial charge on any atom is -0.389 e. The van der Waals surface area contributed by atoms with Crippen molar-refractivity contribution in [1.82, 2.24) is 4.90 Å². The SMILES string of the molecule is CN(CCCOC(C)(C)C)CCC(C)(C)OCC(O)CN. The van der Waals surface area contributed by atoms with Crippen LogP contribution in [0.15, 0.2) is 0 Å². The molecule has 128 valence electrons. The first-order valence-electron chi connectivity index (χ1n) is 7.90. The second kappa shape index (κ2) is 9.74. The predicted octanol–water partition coefficient (Wildman–Crippen LogP) is 1.63. The van der Waals surface area contributed by atoms with E-state index < -0.39 is 6.10 Å². The summed E-state index contributed by atoms with van der Waals surface area (Å²) in [6.45, 7) is 13.6. The summed E-state index contributed by atoms with van der Waals surface area (Å²) in [5, 5.41) is 9.43. The second-order valence-electron chi connectivity index (χ2n) is 7.33. The molecule has 3 N–H and O–H groups in total. The van der Waals surface area contributed by atoms with Crippen molar-refractivity contribution in [3.63, 3.8) is 0 Å². The van der Waals surface area contributed by atoms with Crippen molar-refractivity contribution in [2.24, 2.45) is 5.73 Å². The van der Waals surface area contributed by atoms with Crippen LogP contribution in [0.3, 0.4) is 0 Å². The van der Waals surface area contributed by atoms with Gasteiger partial charge in [-0.1, -0.05) is 0 Å². The highest BCUT2D eigenvalue weighted by Gasteiger charge is 2.20. The molecule has 0 heterocycles. The van der Waals surface area contributed by atoms with E-state index in [1.165, 1.54) is 0 Å². The van der Waals surface area contributed by atoms with Crippen molar-refractivity contribution in [3.05, 3.63) is 0 Å². The summed E-state index contributed by atoms with van der Waals surface area (Å²) in [6, 6.07) is 0. The van der Waals surface area contributed by atoms with Gasteiger partial charge in [0.25, 0.3) is 0 Å². The van der Waals surface area contributed by atoms with E-state index in [2.05, 4.69) is 32.7 Å². The van der Waals surface area contributed by atoms with Crippen LogP contribution in [0.5, 0.6) is 0 Å². The number of hydrogen-bond acceptors (Lipinski definition) is 5. The van der Waals surface area contributed by atoms with Crippen molar-refractivity contribution < 1.29 is 14.6 Å². The maximum atomic E-state index is 9.43. The van der Waals surface area contributed by atoms with E-state index in [1.54, 1.807) is 0 Å². The van der Waals surface area contributed by atoms with E-state index in [0.29, 0.717) is 6.61 Å². The summed E-state index contributed by atoms with van der Waals surface area (Å²) in [5.41, 5.74) is 5.07. The highest BCUT2D eigenvalue weighted by atomic mass is 16.5. The molecule has 5 heteroatoms. The van der Waals surface area contributed by atoms with Crippen LogP contribution in [0.2, 0.25) is 0 Å². The lowest BCUT2D eigenvalue weighted by Crippen LogP contribution is -2.36. The fraction of sp³-hybridized carbons (Fsp3) is 1.00. The maximum absolute atomic E-state index is 9.43. The molecule has 0 aromatic rings. The molecular formula is C16H36N2O3. The van der Waals surface area contributed by atoms with E-state index in [-0.39, 0.29) is 17.7 Å². The van der Waals surface area contributed by atoms with Crippen LogP contribution >= 0.6 is 0 Å². The fourth-order valence-electron chi connectivity index (χ4n) is 1.75. The van der Waals surface area contributed by atoms with E-state index in [1.807, 2.05) is 13.8 Å².